The Morgan fingerprint density at radius 2 is 1.94 bits per heavy atom. The van der Waals surface area contributed by atoms with Gasteiger partial charge in [-0.15, -0.1) is 0 Å². The number of anilines is 1. The molecule has 0 saturated heterocycles. The largest absolute Gasteiger partial charge is 0.397 e. The maximum Gasteiger partial charge on any atom is 0.389 e. The quantitative estimate of drug-likeness (QED) is 0.741. The van der Waals surface area contributed by atoms with Gasteiger partial charge in [0.15, 0.2) is 0 Å². The second kappa shape index (κ2) is 7.20. The minimum Gasteiger partial charge on any atom is -0.397 e. The summed E-state index contributed by atoms with van der Waals surface area (Å²) in [4.78, 5) is 4.13. The van der Waals surface area contributed by atoms with Gasteiger partial charge in [-0.05, 0) is 31.5 Å². The number of nitrogens with one attached hydrogen (secondary N) is 1. The summed E-state index contributed by atoms with van der Waals surface area (Å²) in [6.45, 7) is 1.31. The molecule has 0 spiro atoms. The Kier molecular flexibility index (Phi) is 5.91. The van der Waals surface area contributed by atoms with Crippen LogP contribution in [0.3, 0.4) is 0 Å². The highest BCUT2D eigenvalue weighted by molar-refractivity contribution is 5.34. The van der Waals surface area contributed by atoms with Crippen molar-refractivity contribution in [3.8, 4) is 0 Å². The van der Waals surface area contributed by atoms with E-state index in [0.717, 1.165) is 12.1 Å². The Hall–Kier alpha value is -1.30. The number of nitrogens with two attached hydrogens (primary N) is 1. The van der Waals surface area contributed by atoms with Crippen molar-refractivity contribution in [3.63, 3.8) is 0 Å². The number of rotatable bonds is 7. The molecular weight excluding hydrogens is 243 g/mol. The molecular formula is C12H18F3N3. The van der Waals surface area contributed by atoms with Crippen LogP contribution in [0, 0.1) is 0 Å². The van der Waals surface area contributed by atoms with Crippen LogP contribution in [0.5, 0.6) is 0 Å². The maximum atomic E-state index is 11.8. The lowest BCUT2D eigenvalue weighted by molar-refractivity contribution is -0.135. The van der Waals surface area contributed by atoms with Gasteiger partial charge in [0.2, 0.25) is 0 Å². The number of unbranched alkanes of at least 4 members (excludes halogenated alkanes) is 1. The van der Waals surface area contributed by atoms with E-state index in [-0.39, 0.29) is 6.42 Å². The molecule has 1 rings (SSSR count). The standard InChI is InChI=1S/C12H18F3N3/c13-12(14,15)6-1-2-7-17-8-5-11-4-3-10(16)9-18-11/h3-4,9,17H,1-2,5-8,16H2. The van der Waals surface area contributed by atoms with Crippen LogP contribution in [0.4, 0.5) is 18.9 Å². The highest BCUT2D eigenvalue weighted by Crippen LogP contribution is 2.21. The van der Waals surface area contributed by atoms with Gasteiger partial charge >= 0.3 is 6.18 Å². The van der Waals surface area contributed by atoms with Crippen LogP contribution in [0.1, 0.15) is 25.0 Å². The third kappa shape index (κ3) is 7.11. The molecule has 0 aliphatic heterocycles. The van der Waals surface area contributed by atoms with Crippen LogP contribution in [-0.2, 0) is 6.42 Å². The fraction of sp³-hybridized carbons (Fsp3) is 0.583. The molecule has 0 atom stereocenters. The SMILES string of the molecule is Nc1ccc(CCNCCCCC(F)(F)F)nc1. The summed E-state index contributed by atoms with van der Waals surface area (Å²) in [6.07, 6.45) is -1.68. The summed E-state index contributed by atoms with van der Waals surface area (Å²) in [7, 11) is 0. The average molecular weight is 261 g/mol. The molecule has 0 unspecified atom stereocenters. The van der Waals surface area contributed by atoms with Gasteiger partial charge in [-0.3, -0.25) is 4.98 Å². The third-order valence-corrected chi connectivity index (χ3v) is 2.47. The van der Waals surface area contributed by atoms with Crippen molar-refractivity contribution < 1.29 is 13.2 Å². The number of hydrogen-bond donors (Lipinski definition) is 2. The van der Waals surface area contributed by atoms with Crippen LogP contribution < -0.4 is 11.1 Å². The van der Waals surface area contributed by atoms with Crippen LogP contribution in [-0.4, -0.2) is 24.2 Å². The van der Waals surface area contributed by atoms with Gasteiger partial charge in [0.1, 0.15) is 0 Å². The van der Waals surface area contributed by atoms with Gasteiger partial charge in [-0.25, -0.2) is 0 Å². The summed E-state index contributed by atoms with van der Waals surface area (Å²) >= 11 is 0. The van der Waals surface area contributed by atoms with Crippen molar-refractivity contribution in [3.05, 3.63) is 24.0 Å². The number of nitrogens with zero attached hydrogens (tertiary/aromatic N) is 1. The predicted molar refractivity (Wildman–Crippen MR) is 65.1 cm³/mol. The summed E-state index contributed by atoms with van der Waals surface area (Å²) in [6, 6.07) is 3.63. The lowest BCUT2D eigenvalue weighted by Gasteiger charge is -2.07. The summed E-state index contributed by atoms with van der Waals surface area (Å²) in [5, 5.41) is 3.10. The first-order valence-corrected chi connectivity index (χ1v) is 5.95. The van der Waals surface area contributed by atoms with Gasteiger partial charge < -0.3 is 11.1 Å². The molecule has 1 aromatic heterocycles. The Morgan fingerprint density at radius 3 is 2.56 bits per heavy atom. The first kappa shape index (κ1) is 14.8. The molecule has 6 heteroatoms. The Balaban J connectivity index is 2.00. The highest BCUT2D eigenvalue weighted by Gasteiger charge is 2.25. The third-order valence-electron chi connectivity index (χ3n) is 2.47. The van der Waals surface area contributed by atoms with E-state index in [2.05, 4.69) is 10.3 Å². The van der Waals surface area contributed by atoms with E-state index >= 15 is 0 Å². The zero-order chi connectivity index (χ0) is 13.4. The second-order valence-electron chi connectivity index (χ2n) is 4.16. The van der Waals surface area contributed by atoms with Gasteiger partial charge in [-0.2, -0.15) is 13.2 Å². The molecule has 0 fully saturated rings. The number of aromatic nitrogens is 1. The first-order valence-electron chi connectivity index (χ1n) is 5.95. The second-order valence-corrected chi connectivity index (χ2v) is 4.16. The van der Waals surface area contributed by atoms with Crippen LogP contribution in [0.15, 0.2) is 18.3 Å². The molecule has 0 amide bonds. The van der Waals surface area contributed by atoms with Gasteiger partial charge in [0, 0.05) is 25.1 Å². The molecule has 102 valence electrons. The molecule has 18 heavy (non-hydrogen) atoms. The van der Waals surface area contributed by atoms with E-state index in [0.29, 0.717) is 25.2 Å². The number of alkyl halides is 3. The van der Waals surface area contributed by atoms with Crippen molar-refractivity contribution in [2.75, 3.05) is 18.8 Å². The average Bonchev–Trinajstić information content (AvgIpc) is 2.29. The van der Waals surface area contributed by atoms with Crippen molar-refractivity contribution >= 4 is 5.69 Å². The number of pyridine rings is 1. The van der Waals surface area contributed by atoms with Gasteiger partial charge in [0.25, 0.3) is 0 Å². The number of halogens is 3. The van der Waals surface area contributed by atoms with E-state index in [4.69, 9.17) is 5.73 Å². The normalized spacial score (nSPS) is 11.7. The molecule has 3 N–H and O–H groups in total. The lowest BCUT2D eigenvalue weighted by Crippen LogP contribution is -2.19. The predicted octanol–water partition coefficient (Wildman–Crippen LogP) is 2.53. The minimum atomic E-state index is -4.03. The molecule has 3 nitrogen and oxygen atoms in total. The molecule has 0 saturated carbocycles. The molecule has 0 aromatic carbocycles. The first-order chi connectivity index (χ1) is 8.47. The molecule has 0 radical (unpaired) electrons. The maximum absolute atomic E-state index is 11.8. The number of hydrogen-bond acceptors (Lipinski definition) is 3. The van der Waals surface area contributed by atoms with Crippen molar-refractivity contribution in [1.82, 2.24) is 10.3 Å². The smallest absolute Gasteiger partial charge is 0.389 e. The van der Waals surface area contributed by atoms with Gasteiger partial charge in [0.05, 0.1) is 11.9 Å². The van der Waals surface area contributed by atoms with E-state index in [1.807, 2.05) is 6.07 Å². The number of nitrogen functional groups attached to an aromatic ring is 1. The zero-order valence-corrected chi connectivity index (χ0v) is 10.1. The van der Waals surface area contributed by atoms with E-state index in [1.165, 1.54) is 0 Å². The van der Waals surface area contributed by atoms with Crippen molar-refractivity contribution in [2.45, 2.75) is 31.9 Å². The Labute approximate surface area is 105 Å². The fourth-order valence-electron chi connectivity index (χ4n) is 1.50. The summed E-state index contributed by atoms with van der Waals surface area (Å²) in [5.41, 5.74) is 7.05. The molecule has 0 bridgehead atoms. The van der Waals surface area contributed by atoms with Crippen LogP contribution >= 0.6 is 0 Å². The van der Waals surface area contributed by atoms with Crippen molar-refractivity contribution in [2.24, 2.45) is 0 Å². The Bertz CT molecular complexity index is 335. The Morgan fingerprint density at radius 1 is 1.17 bits per heavy atom. The molecule has 0 aliphatic rings. The topological polar surface area (TPSA) is 50.9 Å². The van der Waals surface area contributed by atoms with E-state index in [9.17, 15) is 13.2 Å². The van der Waals surface area contributed by atoms with Crippen LogP contribution in [0.2, 0.25) is 0 Å². The van der Waals surface area contributed by atoms with E-state index in [1.54, 1.807) is 12.3 Å². The monoisotopic (exact) mass is 261 g/mol. The lowest BCUT2D eigenvalue weighted by atomic mass is 10.2. The summed E-state index contributed by atoms with van der Waals surface area (Å²) < 4.78 is 35.5. The minimum absolute atomic E-state index is 0.177. The molecule has 1 heterocycles. The zero-order valence-electron chi connectivity index (χ0n) is 10.1. The highest BCUT2D eigenvalue weighted by atomic mass is 19.4. The van der Waals surface area contributed by atoms with Gasteiger partial charge in [-0.1, -0.05) is 0 Å². The van der Waals surface area contributed by atoms with Crippen molar-refractivity contribution in [1.29, 1.82) is 0 Å². The summed E-state index contributed by atoms with van der Waals surface area (Å²) in [5.74, 6) is 0. The fourth-order valence-corrected chi connectivity index (χ4v) is 1.50. The molecule has 0 aliphatic carbocycles. The van der Waals surface area contributed by atoms with E-state index < -0.39 is 12.6 Å². The molecule has 1 aromatic rings. The van der Waals surface area contributed by atoms with Crippen LogP contribution in [0.25, 0.3) is 0 Å².